The van der Waals surface area contributed by atoms with E-state index in [4.69, 9.17) is 0 Å². The van der Waals surface area contributed by atoms with E-state index in [2.05, 4.69) is 13.0 Å². The number of aliphatic hydroxyl groups excluding tert-OH is 2. The van der Waals surface area contributed by atoms with Crippen LogP contribution in [0.25, 0.3) is 0 Å². The predicted octanol–water partition coefficient (Wildman–Crippen LogP) is 3.28. The summed E-state index contributed by atoms with van der Waals surface area (Å²) in [7, 11) is 0. The van der Waals surface area contributed by atoms with E-state index in [1.165, 1.54) is 38.5 Å². The van der Waals surface area contributed by atoms with Crippen LogP contribution in [0.1, 0.15) is 58.3 Å². The zero-order chi connectivity index (χ0) is 13.9. The molecule has 0 aromatic rings. The summed E-state index contributed by atoms with van der Waals surface area (Å²) in [6, 6.07) is 0. The maximum Gasteiger partial charge on any atom is 0.0723 e. The zero-order valence-corrected chi connectivity index (χ0v) is 12.6. The number of rotatable bonds is 0. The normalized spacial score (nSPS) is 54.6. The number of hydrogen-bond acceptors (Lipinski definition) is 2. The van der Waals surface area contributed by atoms with Crippen molar-refractivity contribution in [3.8, 4) is 0 Å². The van der Waals surface area contributed by atoms with Crippen LogP contribution in [0.5, 0.6) is 0 Å². The van der Waals surface area contributed by atoms with Gasteiger partial charge in [-0.15, -0.1) is 0 Å². The third kappa shape index (κ3) is 1.77. The fourth-order valence-electron chi connectivity index (χ4n) is 6.28. The van der Waals surface area contributed by atoms with Gasteiger partial charge in [0.1, 0.15) is 0 Å². The number of allylic oxidation sites excluding steroid dienone is 1. The molecule has 2 N–H and O–H groups in total. The summed E-state index contributed by atoms with van der Waals surface area (Å²) in [5.41, 5.74) is 1.77. The van der Waals surface area contributed by atoms with Gasteiger partial charge in [-0.1, -0.05) is 18.6 Å². The summed E-state index contributed by atoms with van der Waals surface area (Å²) < 4.78 is 0. The van der Waals surface area contributed by atoms with Crippen LogP contribution in [0, 0.1) is 29.1 Å². The van der Waals surface area contributed by atoms with Gasteiger partial charge in [0.2, 0.25) is 0 Å². The van der Waals surface area contributed by atoms with Gasteiger partial charge in [-0.25, -0.2) is 0 Å². The van der Waals surface area contributed by atoms with Crippen LogP contribution >= 0.6 is 0 Å². The lowest BCUT2D eigenvalue weighted by Crippen LogP contribution is -2.47. The van der Waals surface area contributed by atoms with E-state index in [0.717, 1.165) is 36.5 Å². The molecule has 2 heteroatoms. The first-order chi connectivity index (χ1) is 9.59. The molecule has 0 heterocycles. The van der Waals surface area contributed by atoms with Gasteiger partial charge >= 0.3 is 0 Å². The molecule has 112 valence electrons. The highest BCUT2D eigenvalue weighted by Crippen LogP contribution is 2.61. The molecule has 3 saturated carbocycles. The van der Waals surface area contributed by atoms with Gasteiger partial charge in [-0.3, -0.25) is 0 Å². The first-order valence-corrected chi connectivity index (χ1v) is 8.66. The molecule has 0 amide bonds. The summed E-state index contributed by atoms with van der Waals surface area (Å²) in [5.74, 6) is 3.18. The third-order valence-corrected chi connectivity index (χ3v) is 7.38. The van der Waals surface area contributed by atoms with E-state index in [-0.39, 0.29) is 17.6 Å². The van der Waals surface area contributed by atoms with Crippen LogP contribution in [0.15, 0.2) is 11.6 Å². The van der Waals surface area contributed by atoms with Crippen LogP contribution in [0.4, 0.5) is 0 Å². The lowest BCUT2D eigenvalue weighted by Gasteiger charge is -2.53. The van der Waals surface area contributed by atoms with Crippen LogP contribution in [-0.4, -0.2) is 22.4 Å². The van der Waals surface area contributed by atoms with E-state index >= 15 is 0 Å². The fraction of sp³-hybridized carbons (Fsp3) is 0.889. The Labute approximate surface area is 122 Å². The Morgan fingerprint density at radius 1 is 1.00 bits per heavy atom. The van der Waals surface area contributed by atoms with Crippen molar-refractivity contribution in [1.82, 2.24) is 0 Å². The summed E-state index contributed by atoms with van der Waals surface area (Å²) in [5, 5.41) is 20.3. The Morgan fingerprint density at radius 3 is 2.70 bits per heavy atom. The predicted molar refractivity (Wildman–Crippen MR) is 79.1 cm³/mol. The molecule has 0 aliphatic heterocycles. The number of fused-ring (bicyclic) bond motifs is 5. The van der Waals surface area contributed by atoms with Crippen LogP contribution in [0.2, 0.25) is 0 Å². The van der Waals surface area contributed by atoms with Gasteiger partial charge in [-0.2, -0.15) is 0 Å². The second-order valence-electron chi connectivity index (χ2n) is 8.10. The van der Waals surface area contributed by atoms with E-state index < -0.39 is 0 Å². The molecule has 3 fully saturated rings. The van der Waals surface area contributed by atoms with Crippen LogP contribution < -0.4 is 0 Å². The monoisotopic (exact) mass is 276 g/mol. The molecule has 4 aliphatic rings. The minimum atomic E-state index is -0.181. The van der Waals surface area contributed by atoms with Gasteiger partial charge in [0.15, 0.2) is 0 Å². The van der Waals surface area contributed by atoms with Crippen molar-refractivity contribution < 1.29 is 10.2 Å². The van der Waals surface area contributed by atoms with Crippen molar-refractivity contribution in [3.63, 3.8) is 0 Å². The molecule has 0 aromatic heterocycles. The first kappa shape index (κ1) is 13.3. The largest absolute Gasteiger partial charge is 0.393 e. The van der Waals surface area contributed by atoms with Crippen LogP contribution in [0.3, 0.4) is 0 Å². The highest BCUT2D eigenvalue weighted by molar-refractivity contribution is 5.20. The van der Waals surface area contributed by atoms with E-state index in [1.54, 1.807) is 5.57 Å². The average molecular weight is 276 g/mol. The van der Waals surface area contributed by atoms with Crippen molar-refractivity contribution in [2.24, 2.45) is 29.1 Å². The van der Waals surface area contributed by atoms with Crippen molar-refractivity contribution in [2.45, 2.75) is 70.5 Å². The highest BCUT2D eigenvalue weighted by atomic mass is 16.3. The SMILES string of the molecule is C[C@]12CCC3C4CC[C@H](O)C=C4CCC3C1CC[C@@H]2O. The third-order valence-electron chi connectivity index (χ3n) is 7.38. The summed E-state index contributed by atoms with van der Waals surface area (Å²) in [6.07, 6.45) is 11.4. The smallest absolute Gasteiger partial charge is 0.0723 e. The molecule has 0 radical (unpaired) electrons. The standard InChI is InChI=1S/C18H28O2/c1-18-9-8-14-13-5-3-12(19)10-11(13)2-4-15(14)16(18)6-7-17(18)20/h10,12-17,19-20H,2-9H2,1H3/t12-,13?,14?,15?,16?,17-,18-/m0/s1. The minimum Gasteiger partial charge on any atom is -0.393 e. The van der Waals surface area contributed by atoms with Crippen LogP contribution in [-0.2, 0) is 0 Å². The maximum absolute atomic E-state index is 10.4. The van der Waals surface area contributed by atoms with Gasteiger partial charge in [-0.05, 0) is 80.5 Å². The quantitative estimate of drug-likeness (QED) is 0.667. The second-order valence-corrected chi connectivity index (χ2v) is 8.10. The number of aliphatic hydroxyl groups is 2. The molecule has 0 spiro atoms. The maximum atomic E-state index is 10.4. The lowest BCUT2D eigenvalue weighted by atomic mass is 9.52. The molecule has 4 aliphatic carbocycles. The summed E-state index contributed by atoms with van der Waals surface area (Å²) in [4.78, 5) is 0. The lowest BCUT2D eigenvalue weighted by molar-refractivity contribution is -0.0548. The van der Waals surface area contributed by atoms with Gasteiger partial charge < -0.3 is 10.2 Å². The summed E-state index contributed by atoms with van der Waals surface area (Å²) in [6.45, 7) is 2.35. The highest BCUT2D eigenvalue weighted by Gasteiger charge is 2.55. The minimum absolute atomic E-state index is 0.0569. The van der Waals surface area contributed by atoms with Crippen molar-refractivity contribution in [2.75, 3.05) is 0 Å². The van der Waals surface area contributed by atoms with Crippen molar-refractivity contribution in [1.29, 1.82) is 0 Å². The van der Waals surface area contributed by atoms with Gasteiger partial charge in [0, 0.05) is 0 Å². The van der Waals surface area contributed by atoms with Gasteiger partial charge in [0.05, 0.1) is 12.2 Å². The molecule has 0 saturated heterocycles. The molecule has 0 bridgehead atoms. The topological polar surface area (TPSA) is 40.5 Å². The Hall–Kier alpha value is -0.340. The fourth-order valence-corrected chi connectivity index (χ4v) is 6.28. The molecule has 4 unspecified atom stereocenters. The van der Waals surface area contributed by atoms with E-state index in [0.29, 0.717) is 0 Å². The van der Waals surface area contributed by atoms with E-state index in [9.17, 15) is 10.2 Å². The molecular formula is C18H28O2. The van der Waals surface area contributed by atoms with E-state index in [1.807, 2.05) is 0 Å². The second kappa shape index (κ2) is 4.58. The Morgan fingerprint density at radius 2 is 1.85 bits per heavy atom. The first-order valence-electron chi connectivity index (χ1n) is 8.66. The molecule has 20 heavy (non-hydrogen) atoms. The molecule has 2 nitrogen and oxygen atoms in total. The molecule has 4 rings (SSSR count). The van der Waals surface area contributed by atoms with Crippen molar-refractivity contribution in [3.05, 3.63) is 11.6 Å². The molecular weight excluding hydrogens is 248 g/mol. The number of hydrogen-bond donors (Lipinski definition) is 2. The Balaban J connectivity index is 1.62. The van der Waals surface area contributed by atoms with Gasteiger partial charge in [0.25, 0.3) is 0 Å². The van der Waals surface area contributed by atoms with Crippen molar-refractivity contribution >= 4 is 0 Å². The Kier molecular flexibility index (Phi) is 3.05. The Bertz CT molecular complexity index is 429. The zero-order valence-electron chi connectivity index (χ0n) is 12.6. The average Bonchev–Trinajstić information content (AvgIpc) is 2.74. The molecule has 0 aromatic carbocycles. The summed E-state index contributed by atoms with van der Waals surface area (Å²) >= 11 is 0. The molecule has 7 atom stereocenters.